The van der Waals surface area contributed by atoms with E-state index in [1.165, 1.54) is 0 Å². The number of hydrogen-bond acceptors (Lipinski definition) is 2. The summed E-state index contributed by atoms with van der Waals surface area (Å²) in [5.41, 5.74) is 1.12. The molecule has 1 unspecified atom stereocenters. The first-order chi connectivity index (χ1) is 7.33. The van der Waals surface area contributed by atoms with Gasteiger partial charge < -0.3 is 0 Å². The van der Waals surface area contributed by atoms with Crippen LogP contribution >= 0.6 is 0 Å². The zero-order valence-electron chi connectivity index (χ0n) is 11.3. The molecular formula is C13H23N3. The summed E-state index contributed by atoms with van der Waals surface area (Å²) >= 11 is 0. The van der Waals surface area contributed by atoms with Crippen molar-refractivity contribution >= 4 is 12.1 Å². The molecule has 1 aliphatic heterocycles. The van der Waals surface area contributed by atoms with Gasteiger partial charge in [-0.2, -0.15) is 5.10 Å². The van der Waals surface area contributed by atoms with Crippen molar-refractivity contribution in [3.8, 4) is 0 Å². The van der Waals surface area contributed by atoms with E-state index in [0.29, 0.717) is 0 Å². The summed E-state index contributed by atoms with van der Waals surface area (Å²) in [7, 11) is 1.78. The van der Waals surface area contributed by atoms with Crippen LogP contribution in [-0.4, -0.2) is 29.6 Å². The van der Waals surface area contributed by atoms with Crippen molar-refractivity contribution < 1.29 is 0 Å². The number of allylic oxidation sites excluding steroid dienone is 1. The molecule has 1 rings (SSSR count). The molecule has 3 heteroatoms. The average Bonchev–Trinajstić information content (AvgIpc) is 2.20. The van der Waals surface area contributed by atoms with Gasteiger partial charge in [-0.1, -0.05) is 33.8 Å². The normalized spacial score (nSPS) is 26.4. The second-order valence-corrected chi connectivity index (χ2v) is 5.50. The minimum atomic E-state index is -0.0474. The Labute approximate surface area is 98.9 Å². The van der Waals surface area contributed by atoms with Crippen LogP contribution in [0.4, 0.5) is 0 Å². The number of hydrazone groups is 1. The third kappa shape index (κ3) is 2.52. The van der Waals surface area contributed by atoms with Gasteiger partial charge in [0.05, 0.1) is 11.3 Å². The molecule has 1 atom stereocenters. The molecule has 0 N–H and O–H groups in total. The van der Waals surface area contributed by atoms with Gasteiger partial charge >= 0.3 is 0 Å². The van der Waals surface area contributed by atoms with Crippen LogP contribution in [0, 0.1) is 5.41 Å². The quantitative estimate of drug-likeness (QED) is 0.520. The summed E-state index contributed by atoms with van der Waals surface area (Å²) in [6, 6.07) is 0. The molecule has 0 amide bonds. The molecule has 0 spiro atoms. The molecule has 90 valence electrons. The molecule has 0 aromatic carbocycles. The molecule has 3 nitrogen and oxygen atoms in total. The molecular weight excluding hydrogens is 198 g/mol. The van der Waals surface area contributed by atoms with Gasteiger partial charge in [-0.05, 0) is 19.4 Å². The van der Waals surface area contributed by atoms with Crippen LogP contribution in [0.15, 0.2) is 22.2 Å². The van der Waals surface area contributed by atoms with Gasteiger partial charge in [-0.3, -0.25) is 4.99 Å². The lowest BCUT2D eigenvalue weighted by Crippen LogP contribution is -2.44. The van der Waals surface area contributed by atoms with Crippen molar-refractivity contribution in [1.29, 1.82) is 0 Å². The van der Waals surface area contributed by atoms with Crippen LogP contribution in [0.2, 0.25) is 0 Å². The molecule has 1 heterocycles. The second-order valence-electron chi connectivity index (χ2n) is 5.50. The van der Waals surface area contributed by atoms with E-state index in [1.54, 1.807) is 13.4 Å². The second kappa shape index (κ2) is 4.40. The minimum absolute atomic E-state index is 0.0474. The van der Waals surface area contributed by atoms with E-state index in [2.05, 4.69) is 56.9 Å². The molecule has 16 heavy (non-hydrogen) atoms. The molecule has 0 aliphatic carbocycles. The molecule has 1 aliphatic rings. The van der Waals surface area contributed by atoms with E-state index in [0.717, 1.165) is 12.1 Å². The topological polar surface area (TPSA) is 28.0 Å². The average molecular weight is 221 g/mol. The summed E-state index contributed by atoms with van der Waals surface area (Å²) in [6.07, 6.45) is 7.18. The van der Waals surface area contributed by atoms with E-state index < -0.39 is 0 Å². The summed E-state index contributed by atoms with van der Waals surface area (Å²) < 4.78 is 0. The van der Waals surface area contributed by atoms with Crippen LogP contribution in [0.1, 0.15) is 41.0 Å². The predicted octanol–water partition coefficient (Wildman–Crippen LogP) is 3.09. The highest BCUT2D eigenvalue weighted by Crippen LogP contribution is 2.28. The van der Waals surface area contributed by atoms with Gasteiger partial charge in [0.1, 0.15) is 6.34 Å². The Bertz CT molecular complexity index is 334. The lowest BCUT2D eigenvalue weighted by molar-refractivity contribution is 0.250. The van der Waals surface area contributed by atoms with Gasteiger partial charge in [0.15, 0.2) is 0 Å². The van der Waals surface area contributed by atoms with Crippen LogP contribution in [0.5, 0.6) is 0 Å². The summed E-state index contributed by atoms with van der Waals surface area (Å²) in [5, 5.41) is 6.65. The Hall–Kier alpha value is -1.12. The Morgan fingerprint density at radius 3 is 2.56 bits per heavy atom. The Morgan fingerprint density at radius 1 is 1.50 bits per heavy atom. The SMILES string of the molecule is CCC1(C)C=CC(C(C)(C)C)=NN1C=NC. The summed E-state index contributed by atoms with van der Waals surface area (Å²) in [4.78, 5) is 4.08. The van der Waals surface area contributed by atoms with Crippen molar-refractivity contribution in [3.05, 3.63) is 12.2 Å². The molecule has 0 saturated heterocycles. The first kappa shape index (κ1) is 12.9. The van der Waals surface area contributed by atoms with Crippen LogP contribution in [-0.2, 0) is 0 Å². The molecule has 0 radical (unpaired) electrons. The summed E-state index contributed by atoms with van der Waals surface area (Å²) in [6.45, 7) is 10.9. The third-order valence-corrected chi connectivity index (χ3v) is 3.05. The first-order valence-electron chi connectivity index (χ1n) is 5.83. The lowest BCUT2D eigenvalue weighted by Gasteiger charge is -2.38. The Kier molecular flexibility index (Phi) is 3.56. The third-order valence-electron chi connectivity index (χ3n) is 3.05. The van der Waals surface area contributed by atoms with Gasteiger partial charge in [0.25, 0.3) is 0 Å². The van der Waals surface area contributed by atoms with Crippen molar-refractivity contribution in [2.24, 2.45) is 15.5 Å². The number of aliphatic imine (C=N–C) groups is 1. The van der Waals surface area contributed by atoms with Gasteiger partial charge in [0.2, 0.25) is 0 Å². The van der Waals surface area contributed by atoms with Crippen LogP contribution in [0.3, 0.4) is 0 Å². The van der Waals surface area contributed by atoms with Crippen molar-refractivity contribution in [2.45, 2.75) is 46.6 Å². The maximum atomic E-state index is 4.68. The molecule has 0 saturated carbocycles. The molecule has 0 aromatic heterocycles. The van der Waals surface area contributed by atoms with E-state index in [1.807, 2.05) is 5.01 Å². The number of nitrogens with zero attached hydrogens (tertiary/aromatic N) is 3. The Balaban J connectivity index is 3.08. The number of rotatable bonds is 2. The van der Waals surface area contributed by atoms with E-state index in [9.17, 15) is 0 Å². The van der Waals surface area contributed by atoms with Gasteiger partial charge in [-0.25, -0.2) is 5.01 Å². The molecule has 0 fully saturated rings. The zero-order chi connectivity index (χ0) is 12.4. The van der Waals surface area contributed by atoms with E-state index in [4.69, 9.17) is 0 Å². The van der Waals surface area contributed by atoms with E-state index >= 15 is 0 Å². The maximum absolute atomic E-state index is 4.68. The standard InChI is InChI=1S/C13H23N3/c1-7-13(5)9-8-11(12(2,3)4)15-16(13)10-14-6/h8-10H,7H2,1-6H3. The van der Waals surface area contributed by atoms with Gasteiger partial charge in [0, 0.05) is 12.5 Å². The number of hydrogen-bond donors (Lipinski definition) is 0. The fourth-order valence-electron chi connectivity index (χ4n) is 1.55. The van der Waals surface area contributed by atoms with Gasteiger partial charge in [-0.15, -0.1) is 0 Å². The fraction of sp³-hybridized carbons (Fsp3) is 0.692. The fourth-order valence-corrected chi connectivity index (χ4v) is 1.55. The van der Waals surface area contributed by atoms with Crippen molar-refractivity contribution in [3.63, 3.8) is 0 Å². The monoisotopic (exact) mass is 221 g/mol. The highest BCUT2D eigenvalue weighted by Gasteiger charge is 2.31. The zero-order valence-corrected chi connectivity index (χ0v) is 11.3. The predicted molar refractivity (Wildman–Crippen MR) is 71.0 cm³/mol. The minimum Gasteiger partial charge on any atom is -0.277 e. The molecule has 0 bridgehead atoms. The highest BCUT2D eigenvalue weighted by atomic mass is 15.5. The van der Waals surface area contributed by atoms with E-state index in [-0.39, 0.29) is 11.0 Å². The van der Waals surface area contributed by atoms with Crippen molar-refractivity contribution in [1.82, 2.24) is 5.01 Å². The first-order valence-corrected chi connectivity index (χ1v) is 5.83. The lowest BCUT2D eigenvalue weighted by atomic mass is 9.86. The van der Waals surface area contributed by atoms with Crippen molar-refractivity contribution in [2.75, 3.05) is 7.05 Å². The smallest absolute Gasteiger partial charge is 0.107 e. The van der Waals surface area contributed by atoms with Crippen LogP contribution in [0.25, 0.3) is 0 Å². The largest absolute Gasteiger partial charge is 0.277 e. The summed E-state index contributed by atoms with van der Waals surface area (Å²) in [5.74, 6) is 0. The van der Waals surface area contributed by atoms with Crippen LogP contribution < -0.4 is 0 Å². The maximum Gasteiger partial charge on any atom is 0.107 e. The highest BCUT2D eigenvalue weighted by molar-refractivity contribution is 6.00. The molecule has 0 aromatic rings. The Morgan fingerprint density at radius 2 is 2.12 bits per heavy atom.